The van der Waals surface area contributed by atoms with E-state index < -0.39 is 36.1 Å². The first-order chi connectivity index (χ1) is 21.9. The van der Waals surface area contributed by atoms with Gasteiger partial charge in [-0.2, -0.15) is 0 Å². The smallest absolute Gasteiger partial charge is 0.413 e. The summed E-state index contributed by atoms with van der Waals surface area (Å²) in [5.74, 6) is -1.37. The summed E-state index contributed by atoms with van der Waals surface area (Å²) in [6.07, 6.45) is 12.3. The minimum absolute atomic E-state index is 0.0511. The lowest BCUT2D eigenvalue weighted by molar-refractivity contribution is -0.153. The fourth-order valence-corrected chi connectivity index (χ4v) is 4.99. The first kappa shape index (κ1) is 37.3. The standard InChI is InChI=1S/C36H52N2O7/c1-2-3-4-5-6-7-8-9-10-11-16-24-31(27-33(37)39)44-35(41)32(38-36(42)45-30-22-17-13-18-23-30)25-19-26-34(40)43-28-29-20-14-12-15-21-29/h12-15,17-18,20-23,31-32H,2-11,16,19,24-28H2,1H3,(H2,37,39)(H,38,42)/t31-,32-/m0/s1. The molecule has 0 aliphatic heterocycles. The molecule has 0 unspecified atom stereocenters. The minimum Gasteiger partial charge on any atom is -0.461 e. The second-order valence-corrected chi connectivity index (χ2v) is 11.5. The molecule has 2 aromatic rings. The van der Waals surface area contributed by atoms with Crippen molar-refractivity contribution in [3.63, 3.8) is 0 Å². The topological polar surface area (TPSA) is 134 Å². The number of amides is 2. The molecule has 0 fully saturated rings. The third kappa shape index (κ3) is 18.5. The maximum atomic E-state index is 13.3. The number of primary amides is 1. The van der Waals surface area contributed by atoms with Crippen molar-refractivity contribution in [3.8, 4) is 5.75 Å². The lowest BCUT2D eigenvalue weighted by Gasteiger charge is -2.22. The number of para-hydroxylation sites is 1. The van der Waals surface area contributed by atoms with Crippen molar-refractivity contribution in [2.24, 2.45) is 5.73 Å². The van der Waals surface area contributed by atoms with Crippen LogP contribution in [0.15, 0.2) is 60.7 Å². The molecule has 0 saturated carbocycles. The summed E-state index contributed by atoms with van der Waals surface area (Å²) in [6, 6.07) is 16.7. The van der Waals surface area contributed by atoms with Gasteiger partial charge in [-0.15, -0.1) is 0 Å². The molecule has 2 amide bonds. The molecule has 9 heteroatoms. The van der Waals surface area contributed by atoms with Crippen LogP contribution in [-0.2, 0) is 30.5 Å². The molecule has 0 aliphatic carbocycles. The van der Waals surface area contributed by atoms with E-state index in [1.165, 1.54) is 44.9 Å². The highest BCUT2D eigenvalue weighted by Crippen LogP contribution is 2.17. The summed E-state index contributed by atoms with van der Waals surface area (Å²) in [5, 5.41) is 2.56. The molecule has 0 heterocycles. The highest BCUT2D eigenvalue weighted by molar-refractivity contribution is 5.82. The van der Waals surface area contributed by atoms with Crippen LogP contribution in [0.4, 0.5) is 4.79 Å². The van der Waals surface area contributed by atoms with Gasteiger partial charge in [0.25, 0.3) is 0 Å². The van der Waals surface area contributed by atoms with Crippen LogP contribution >= 0.6 is 0 Å². The van der Waals surface area contributed by atoms with E-state index in [0.717, 1.165) is 31.2 Å². The molecule has 0 spiro atoms. The Morgan fingerprint density at radius 1 is 0.733 bits per heavy atom. The van der Waals surface area contributed by atoms with Gasteiger partial charge in [-0.05, 0) is 43.4 Å². The van der Waals surface area contributed by atoms with Crippen LogP contribution < -0.4 is 15.8 Å². The lowest BCUT2D eigenvalue weighted by Crippen LogP contribution is -2.44. The lowest BCUT2D eigenvalue weighted by atomic mass is 10.0. The van der Waals surface area contributed by atoms with Gasteiger partial charge in [-0.3, -0.25) is 9.59 Å². The monoisotopic (exact) mass is 624 g/mol. The van der Waals surface area contributed by atoms with Gasteiger partial charge in [0.15, 0.2) is 0 Å². The Morgan fingerprint density at radius 2 is 1.31 bits per heavy atom. The van der Waals surface area contributed by atoms with Crippen LogP contribution in [0.25, 0.3) is 0 Å². The summed E-state index contributed by atoms with van der Waals surface area (Å²) in [5.41, 5.74) is 6.32. The third-order valence-corrected chi connectivity index (χ3v) is 7.49. The molecule has 0 radical (unpaired) electrons. The molecule has 0 aromatic heterocycles. The van der Waals surface area contributed by atoms with Gasteiger partial charge in [0.2, 0.25) is 5.91 Å². The molecule has 3 N–H and O–H groups in total. The van der Waals surface area contributed by atoms with Crippen LogP contribution in [0, 0.1) is 0 Å². The van der Waals surface area contributed by atoms with Gasteiger partial charge in [0.05, 0.1) is 6.42 Å². The summed E-state index contributed by atoms with van der Waals surface area (Å²) in [4.78, 5) is 49.9. The van der Waals surface area contributed by atoms with Crippen molar-refractivity contribution < 1.29 is 33.4 Å². The number of carbonyl (C=O) groups excluding carboxylic acids is 4. The SMILES string of the molecule is CCCCCCCCCCCCC[C@@H](CC(N)=O)OC(=O)[C@H](CCCC(=O)OCc1ccccc1)NC(=O)Oc1ccccc1. The van der Waals surface area contributed by atoms with E-state index in [1.807, 2.05) is 30.3 Å². The summed E-state index contributed by atoms with van der Waals surface area (Å²) < 4.78 is 16.3. The van der Waals surface area contributed by atoms with Crippen LogP contribution in [0.5, 0.6) is 5.75 Å². The van der Waals surface area contributed by atoms with Crippen molar-refractivity contribution in [2.45, 2.75) is 128 Å². The zero-order valence-electron chi connectivity index (χ0n) is 26.9. The van der Waals surface area contributed by atoms with Crippen LogP contribution in [0.2, 0.25) is 0 Å². The third-order valence-electron chi connectivity index (χ3n) is 7.49. The molecule has 2 atom stereocenters. The van der Waals surface area contributed by atoms with Crippen molar-refractivity contribution in [1.82, 2.24) is 5.32 Å². The van der Waals surface area contributed by atoms with E-state index in [-0.39, 0.29) is 32.3 Å². The predicted octanol–water partition coefficient (Wildman–Crippen LogP) is 7.55. The summed E-state index contributed by atoms with van der Waals surface area (Å²) in [6.45, 7) is 2.38. The first-order valence-electron chi connectivity index (χ1n) is 16.6. The van der Waals surface area contributed by atoms with Gasteiger partial charge in [0.1, 0.15) is 24.5 Å². The average Bonchev–Trinajstić information content (AvgIpc) is 3.02. The molecule has 0 bridgehead atoms. The summed E-state index contributed by atoms with van der Waals surface area (Å²) >= 11 is 0. The van der Waals surface area contributed by atoms with Crippen molar-refractivity contribution in [2.75, 3.05) is 0 Å². The van der Waals surface area contributed by atoms with E-state index in [4.69, 9.17) is 19.9 Å². The molecule has 45 heavy (non-hydrogen) atoms. The first-order valence-corrected chi connectivity index (χ1v) is 16.6. The normalized spacial score (nSPS) is 12.1. The van der Waals surface area contributed by atoms with Crippen molar-refractivity contribution in [1.29, 1.82) is 0 Å². The maximum absolute atomic E-state index is 13.3. The van der Waals surface area contributed by atoms with Crippen LogP contribution in [0.1, 0.15) is 115 Å². The van der Waals surface area contributed by atoms with Crippen LogP contribution in [-0.4, -0.2) is 36.1 Å². The van der Waals surface area contributed by atoms with Gasteiger partial charge in [-0.1, -0.05) is 120 Å². The summed E-state index contributed by atoms with van der Waals surface area (Å²) in [7, 11) is 0. The molecular formula is C36H52N2O7. The number of nitrogens with two attached hydrogens (primary N) is 1. The largest absolute Gasteiger partial charge is 0.461 e. The number of ether oxygens (including phenoxy) is 3. The second kappa shape index (κ2) is 23.5. The quantitative estimate of drug-likeness (QED) is 0.0910. The number of rotatable bonds is 24. The van der Waals surface area contributed by atoms with Crippen LogP contribution in [0.3, 0.4) is 0 Å². The minimum atomic E-state index is -1.09. The fraction of sp³-hybridized carbons (Fsp3) is 0.556. The number of esters is 2. The predicted molar refractivity (Wildman–Crippen MR) is 174 cm³/mol. The molecule has 248 valence electrons. The molecule has 2 rings (SSSR count). The number of carbonyl (C=O) groups is 4. The maximum Gasteiger partial charge on any atom is 0.413 e. The van der Waals surface area contributed by atoms with Gasteiger partial charge in [-0.25, -0.2) is 9.59 Å². The van der Waals surface area contributed by atoms with Crippen molar-refractivity contribution >= 4 is 23.9 Å². The molecule has 2 aromatic carbocycles. The number of nitrogens with one attached hydrogen (secondary N) is 1. The van der Waals surface area contributed by atoms with Gasteiger partial charge >= 0.3 is 18.0 Å². The highest BCUT2D eigenvalue weighted by atomic mass is 16.6. The average molecular weight is 625 g/mol. The van der Waals surface area contributed by atoms with E-state index in [1.54, 1.807) is 30.3 Å². The van der Waals surface area contributed by atoms with E-state index in [0.29, 0.717) is 12.2 Å². The van der Waals surface area contributed by atoms with E-state index >= 15 is 0 Å². The molecular weight excluding hydrogens is 572 g/mol. The van der Waals surface area contributed by atoms with E-state index in [9.17, 15) is 19.2 Å². The number of benzene rings is 2. The molecule has 0 aliphatic rings. The highest BCUT2D eigenvalue weighted by Gasteiger charge is 2.27. The van der Waals surface area contributed by atoms with Gasteiger partial charge in [0, 0.05) is 6.42 Å². The van der Waals surface area contributed by atoms with E-state index in [2.05, 4.69) is 12.2 Å². The Bertz CT molecular complexity index is 1110. The zero-order valence-corrected chi connectivity index (χ0v) is 26.9. The Morgan fingerprint density at radius 3 is 1.91 bits per heavy atom. The zero-order chi connectivity index (χ0) is 32.5. The van der Waals surface area contributed by atoms with Crippen molar-refractivity contribution in [3.05, 3.63) is 66.2 Å². The molecule has 0 saturated heterocycles. The Balaban J connectivity index is 1.85. The fourth-order valence-electron chi connectivity index (χ4n) is 4.99. The number of hydrogen-bond acceptors (Lipinski definition) is 7. The Kier molecular flexibility index (Phi) is 19.5. The van der Waals surface area contributed by atoms with Gasteiger partial charge < -0.3 is 25.3 Å². The Hall–Kier alpha value is -3.88. The molecule has 9 nitrogen and oxygen atoms in total. The number of hydrogen-bond donors (Lipinski definition) is 2. The number of unbranched alkanes of at least 4 members (excludes halogenated alkanes) is 10. The Labute approximate surface area is 268 Å². The second-order valence-electron chi connectivity index (χ2n) is 11.5.